The largest absolute Gasteiger partial charge is 0.493 e. The zero-order valence-corrected chi connectivity index (χ0v) is 22.5. The van der Waals surface area contributed by atoms with Crippen LogP contribution in [-0.2, 0) is 30.6 Å². The molecule has 3 aromatic carbocycles. The Labute approximate surface area is 229 Å². The van der Waals surface area contributed by atoms with Crippen molar-refractivity contribution in [1.29, 1.82) is 0 Å². The van der Waals surface area contributed by atoms with Crippen LogP contribution in [0.5, 0.6) is 11.5 Å². The van der Waals surface area contributed by atoms with E-state index in [-0.39, 0.29) is 5.91 Å². The van der Waals surface area contributed by atoms with E-state index in [9.17, 15) is 4.79 Å². The van der Waals surface area contributed by atoms with Gasteiger partial charge < -0.3 is 19.4 Å². The molecular weight excluding hydrogens is 498 g/mol. The summed E-state index contributed by atoms with van der Waals surface area (Å²) >= 11 is 5.92. The number of rotatable bonds is 14. The highest BCUT2D eigenvalue weighted by Gasteiger charge is 2.12. The quantitative estimate of drug-likeness (QED) is 0.156. The summed E-state index contributed by atoms with van der Waals surface area (Å²) in [6.07, 6.45) is 5.41. The number of carbonyl (C=O) groups excluding carboxylic acids is 1. The number of aryl methyl sites for hydroxylation is 2. The third-order valence-corrected chi connectivity index (χ3v) is 6.55. The fourth-order valence-electron chi connectivity index (χ4n) is 4.42. The molecule has 7 heteroatoms. The van der Waals surface area contributed by atoms with E-state index in [2.05, 4.69) is 22.5 Å². The van der Waals surface area contributed by atoms with Gasteiger partial charge >= 0.3 is 0 Å². The number of benzene rings is 3. The topological polar surface area (TPSA) is 65.4 Å². The molecule has 0 fully saturated rings. The molecule has 0 aliphatic rings. The predicted molar refractivity (Wildman–Crippen MR) is 153 cm³/mol. The van der Waals surface area contributed by atoms with Gasteiger partial charge in [0.25, 0.3) is 0 Å². The van der Waals surface area contributed by atoms with Gasteiger partial charge in [-0.2, -0.15) is 0 Å². The van der Waals surface area contributed by atoms with Gasteiger partial charge in [-0.1, -0.05) is 48.0 Å². The summed E-state index contributed by atoms with van der Waals surface area (Å²) in [5.41, 5.74) is 4.18. The van der Waals surface area contributed by atoms with Crippen molar-refractivity contribution in [3.8, 4) is 11.5 Å². The van der Waals surface area contributed by atoms with Crippen molar-refractivity contribution in [3.05, 3.63) is 101 Å². The summed E-state index contributed by atoms with van der Waals surface area (Å²) in [5, 5.41) is 3.68. The maximum atomic E-state index is 12.3. The molecule has 0 saturated heterocycles. The van der Waals surface area contributed by atoms with E-state index in [0.29, 0.717) is 24.6 Å². The van der Waals surface area contributed by atoms with Crippen LogP contribution in [0.25, 0.3) is 11.0 Å². The predicted octanol–water partition coefficient (Wildman–Crippen LogP) is 6.19. The molecule has 198 valence electrons. The van der Waals surface area contributed by atoms with Crippen LogP contribution in [0.15, 0.2) is 79.4 Å². The average Bonchev–Trinajstić information content (AvgIpc) is 3.28. The van der Waals surface area contributed by atoms with Gasteiger partial charge in [-0.15, -0.1) is 6.58 Å². The third kappa shape index (κ3) is 7.39. The van der Waals surface area contributed by atoms with E-state index in [0.717, 1.165) is 71.7 Å². The highest BCUT2D eigenvalue weighted by atomic mass is 35.5. The van der Waals surface area contributed by atoms with Crippen LogP contribution in [0.3, 0.4) is 0 Å². The highest BCUT2D eigenvalue weighted by Crippen LogP contribution is 2.28. The number of nitrogens with one attached hydrogen (secondary N) is 1. The zero-order chi connectivity index (χ0) is 26.7. The number of carbonyl (C=O) groups is 1. The molecule has 4 rings (SSSR count). The molecule has 0 bridgehead atoms. The fraction of sp³-hybridized carbons (Fsp3) is 0.290. The Hall–Kier alpha value is -3.77. The second-order valence-corrected chi connectivity index (χ2v) is 9.54. The molecule has 0 radical (unpaired) electrons. The summed E-state index contributed by atoms with van der Waals surface area (Å²) in [6.45, 7) is 5.74. The number of ether oxygens (including phenoxy) is 2. The maximum Gasteiger partial charge on any atom is 0.224 e. The number of nitrogens with zero attached hydrogens (tertiary/aromatic N) is 2. The first-order valence-corrected chi connectivity index (χ1v) is 13.3. The lowest BCUT2D eigenvalue weighted by molar-refractivity contribution is -0.120. The van der Waals surface area contributed by atoms with Gasteiger partial charge in [-0.25, -0.2) is 4.98 Å². The molecule has 0 saturated carbocycles. The standard InChI is InChI=1S/C31H34ClN3O3/c1-3-8-23-14-17-28(29(21-23)37-2)38-20-7-19-35-27-10-5-4-9-26(27)34-30(35)11-6-18-33-31(36)22-24-12-15-25(32)16-13-24/h3-5,9-10,12-17,21H,1,6-8,11,18-20,22H2,2H3,(H,33,36). The monoisotopic (exact) mass is 531 g/mol. The molecule has 1 aromatic heterocycles. The van der Waals surface area contributed by atoms with Crippen molar-refractivity contribution in [2.75, 3.05) is 20.3 Å². The van der Waals surface area contributed by atoms with Crippen molar-refractivity contribution in [2.24, 2.45) is 0 Å². The van der Waals surface area contributed by atoms with Crippen LogP contribution in [0.4, 0.5) is 0 Å². The summed E-state index contributed by atoms with van der Waals surface area (Å²) in [6, 6.07) is 21.5. The SMILES string of the molecule is C=CCc1ccc(OCCCn2c(CCCNC(=O)Cc3ccc(Cl)cc3)nc3ccccc32)c(OC)c1. The number of fused-ring (bicyclic) bond motifs is 1. The Morgan fingerprint density at radius 3 is 2.63 bits per heavy atom. The maximum absolute atomic E-state index is 12.3. The van der Waals surface area contributed by atoms with Crippen LogP contribution in [0.2, 0.25) is 5.02 Å². The molecule has 0 unspecified atom stereocenters. The van der Waals surface area contributed by atoms with E-state index in [4.69, 9.17) is 26.1 Å². The number of hydrogen-bond donors (Lipinski definition) is 1. The van der Waals surface area contributed by atoms with E-state index in [1.54, 1.807) is 19.2 Å². The van der Waals surface area contributed by atoms with Crippen molar-refractivity contribution in [1.82, 2.24) is 14.9 Å². The molecule has 0 aliphatic carbocycles. The van der Waals surface area contributed by atoms with Crippen molar-refractivity contribution >= 4 is 28.5 Å². The van der Waals surface area contributed by atoms with Crippen LogP contribution in [0, 0.1) is 0 Å². The number of hydrogen-bond acceptors (Lipinski definition) is 4. The molecule has 0 aliphatic heterocycles. The van der Waals surface area contributed by atoms with E-state index < -0.39 is 0 Å². The van der Waals surface area contributed by atoms with E-state index in [1.165, 1.54) is 0 Å². The molecule has 1 heterocycles. The molecule has 0 atom stereocenters. The number of para-hydroxylation sites is 2. The van der Waals surface area contributed by atoms with Gasteiger partial charge in [0.15, 0.2) is 11.5 Å². The molecular formula is C31H34ClN3O3. The average molecular weight is 532 g/mol. The van der Waals surface area contributed by atoms with Crippen LogP contribution in [-0.4, -0.2) is 35.7 Å². The summed E-state index contributed by atoms with van der Waals surface area (Å²) in [7, 11) is 1.66. The first-order chi connectivity index (χ1) is 18.6. The second kappa shape index (κ2) is 13.7. The number of aromatic nitrogens is 2. The normalized spacial score (nSPS) is 10.9. The third-order valence-electron chi connectivity index (χ3n) is 6.30. The first kappa shape index (κ1) is 27.3. The minimum atomic E-state index is 0.00549. The highest BCUT2D eigenvalue weighted by molar-refractivity contribution is 6.30. The first-order valence-electron chi connectivity index (χ1n) is 12.9. The summed E-state index contributed by atoms with van der Waals surface area (Å²) in [5.74, 6) is 2.50. The smallest absolute Gasteiger partial charge is 0.224 e. The second-order valence-electron chi connectivity index (χ2n) is 9.11. The minimum absolute atomic E-state index is 0.00549. The lowest BCUT2D eigenvalue weighted by Gasteiger charge is -2.13. The molecule has 38 heavy (non-hydrogen) atoms. The van der Waals surface area contributed by atoms with E-state index in [1.807, 2.05) is 54.6 Å². The lowest BCUT2D eigenvalue weighted by atomic mass is 10.1. The van der Waals surface area contributed by atoms with Crippen molar-refractivity contribution in [2.45, 2.75) is 38.6 Å². The van der Waals surface area contributed by atoms with Gasteiger partial charge in [0.05, 0.1) is 31.2 Å². The van der Waals surface area contributed by atoms with Gasteiger partial charge in [0, 0.05) is 24.5 Å². The van der Waals surface area contributed by atoms with E-state index >= 15 is 0 Å². The van der Waals surface area contributed by atoms with Gasteiger partial charge in [-0.05, 0) is 66.8 Å². The van der Waals surface area contributed by atoms with Crippen LogP contribution < -0.4 is 14.8 Å². The van der Waals surface area contributed by atoms with Crippen LogP contribution >= 0.6 is 11.6 Å². The lowest BCUT2D eigenvalue weighted by Crippen LogP contribution is -2.26. The Bertz CT molecular complexity index is 1360. The zero-order valence-electron chi connectivity index (χ0n) is 21.8. The minimum Gasteiger partial charge on any atom is -0.493 e. The Kier molecular flexibility index (Phi) is 9.82. The molecule has 1 amide bonds. The Morgan fingerprint density at radius 2 is 1.84 bits per heavy atom. The molecule has 1 N–H and O–H groups in total. The molecule has 0 spiro atoms. The van der Waals surface area contributed by atoms with Gasteiger partial charge in [-0.3, -0.25) is 4.79 Å². The number of allylic oxidation sites excluding steroid dienone is 1. The summed E-state index contributed by atoms with van der Waals surface area (Å²) in [4.78, 5) is 17.2. The number of halogens is 1. The number of methoxy groups -OCH3 is 1. The Morgan fingerprint density at radius 1 is 1.05 bits per heavy atom. The molecule has 4 aromatic rings. The Balaban J connectivity index is 1.30. The summed E-state index contributed by atoms with van der Waals surface area (Å²) < 4.78 is 13.8. The van der Waals surface area contributed by atoms with Gasteiger partial charge in [0.1, 0.15) is 5.82 Å². The molecule has 6 nitrogen and oxygen atoms in total. The van der Waals surface area contributed by atoms with Crippen LogP contribution in [0.1, 0.15) is 29.8 Å². The number of imidazole rings is 1. The van der Waals surface area contributed by atoms with Gasteiger partial charge in [0.2, 0.25) is 5.91 Å². The number of amides is 1. The van der Waals surface area contributed by atoms with Crippen molar-refractivity contribution in [3.63, 3.8) is 0 Å². The fourth-order valence-corrected chi connectivity index (χ4v) is 4.55. The van der Waals surface area contributed by atoms with Crippen molar-refractivity contribution < 1.29 is 14.3 Å².